The topological polar surface area (TPSA) is 113 Å². The number of rotatable bonds is 8. The largest absolute Gasteiger partial charge is 0.480 e. The van der Waals surface area contributed by atoms with E-state index in [0.29, 0.717) is 6.54 Å². The number of carboxylic acids is 1. The maximum Gasteiger partial charge on any atom is 0.326 e. The maximum absolute atomic E-state index is 12.0. The molecular weight excluding hydrogens is 250 g/mol. The SMILES string of the molecule is CCCN(C(=O)NC(CCC(N)=O)C(=O)O)C(C)C. The molecule has 0 aliphatic carbocycles. The third-order valence-electron chi connectivity index (χ3n) is 2.62. The molecule has 7 nitrogen and oxygen atoms in total. The molecule has 0 rings (SSSR count). The second-order valence-corrected chi connectivity index (χ2v) is 4.63. The van der Waals surface area contributed by atoms with Crippen LogP contribution < -0.4 is 11.1 Å². The highest BCUT2D eigenvalue weighted by molar-refractivity contribution is 5.83. The van der Waals surface area contributed by atoms with Crippen LogP contribution in [-0.4, -0.2) is 46.5 Å². The van der Waals surface area contributed by atoms with E-state index >= 15 is 0 Å². The molecular formula is C12H23N3O4. The van der Waals surface area contributed by atoms with Gasteiger partial charge in [-0.15, -0.1) is 0 Å². The average Bonchev–Trinajstić information content (AvgIpc) is 2.29. The van der Waals surface area contributed by atoms with E-state index in [-0.39, 0.29) is 18.9 Å². The summed E-state index contributed by atoms with van der Waals surface area (Å²) in [7, 11) is 0. The Balaban J connectivity index is 4.59. The lowest BCUT2D eigenvalue weighted by molar-refractivity contribution is -0.139. The number of aliphatic carboxylic acids is 1. The molecule has 0 aromatic heterocycles. The molecule has 19 heavy (non-hydrogen) atoms. The van der Waals surface area contributed by atoms with Gasteiger partial charge in [0.05, 0.1) is 0 Å². The van der Waals surface area contributed by atoms with Crippen LogP contribution >= 0.6 is 0 Å². The lowest BCUT2D eigenvalue weighted by atomic mass is 10.1. The minimum Gasteiger partial charge on any atom is -0.480 e. The van der Waals surface area contributed by atoms with Crippen molar-refractivity contribution in [2.75, 3.05) is 6.54 Å². The van der Waals surface area contributed by atoms with Crippen LogP contribution in [0, 0.1) is 0 Å². The van der Waals surface area contributed by atoms with Crippen LogP contribution in [0.1, 0.15) is 40.0 Å². The summed E-state index contributed by atoms with van der Waals surface area (Å²) in [5.74, 6) is -1.76. The van der Waals surface area contributed by atoms with Gasteiger partial charge in [0.15, 0.2) is 0 Å². The van der Waals surface area contributed by atoms with E-state index in [2.05, 4.69) is 5.32 Å². The van der Waals surface area contributed by atoms with Gasteiger partial charge in [0.25, 0.3) is 0 Å². The zero-order chi connectivity index (χ0) is 15.0. The maximum atomic E-state index is 12.0. The standard InChI is InChI=1S/C12H23N3O4/c1-4-7-15(8(2)3)12(19)14-9(11(17)18)5-6-10(13)16/h8-9H,4-7H2,1-3H3,(H2,13,16)(H,14,19)(H,17,18). The smallest absolute Gasteiger partial charge is 0.326 e. The molecule has 0 aliphatic heterocycles. The Morgan fingerprint density at radius 1 is 1.32 bits per heavy atom. The van der Waals surface area contributed by atoms with Crippen LogP contribution in [0.2, 0.25) is 0 Å². The molecule has 0 bridgehead atoms. The van der Waals surface area contributed by atoms with Gasteiger partial charge >= 0.3 is 12.0 Å². The Labute approximate surface area is 113 Å². The van der Waals surface area contributed by atoms with Crippen molar-refractivity contribution in [3.05, 3.63) is 0 Å². The number of carbonyl (C=O) groups is 3. The van der Waals surface area contributed by atoms with E-state index in [1.807, 2.05) is 20.8 Å². The Bertz CT molecular complexity index is 331. The number of hydrogen-bond acceptors (Lipinski definition) is 3. The predicted molar refractivity (Wildman–Crippen MR) is 70.5 cm³/mol. The second kappa shape index (κ2) is 8.34. The van der Waals surface area contributed by atoms with Crippen molar-refractivity contribution in [3.63, 3.8) is 0 Å². The van der Waals surface area contributed by atoms with Gasteiger partial charge in [0, 0.05) is 19.0 Å². The van der Waals surface area contributed by atoms with E-state index in [0.717, 1.165) is 6.42 Å². The van der Waals surface area contributed by atoms with Crippen molar-refractivity contribution in [2.45, 2.75) is 52.1 Å². The van der Waals surface area contributed by atoms with Crippen LogP contribution in [0.3, 0.4) is 0 Å². The van der Waals surface area contributed by atoms with Crippen molar-refractivity contribution in [2.24, 2.45) is 5.73 Å². The summed E-state index contributed by atoms with van der Waals surface area (Å²) in [4.78, 5) is 35.2. The molecule has 0 saturated heterocycles. The van der Waals surface area contributed by atoms with Crippen LogP contribution in [0.15, 0.2) is 0 Å². The fourth-order valence-corrected chi connectivity index (χ4v) is 1.61. The highest BCUT2D eigenvalue weighted by Gasteiger charge is 2.24. The van der Waals surface area contributed by atoms with Crippen molar-refractivity contribution < 1.29 is 19.5 Å². The van der Waals surface area contributed by atoms with Crippen molar-refractivity contribution in [1.82, 2.24) is 10.2 Å². The summed E-state index contributed by atoms with van der Waals surface area (Å²) < 4.78 is 0. The van der Waals surface area contributed by atoms with Crippen molar-refractivity contribution >= 4 is 17.9 Å². The predicted octanol–water partition coefficient (Wildman–Crippen LogP) is 0.535. The number of carbonyl (C=O) groups excluding carboxylic acids is 2. The minimum absolute atomic E-state index is 0.00549. The number of carboxylic acid groups (broad SMARTS) is 1. The first-order chi connectivity index (χ1) is 8.79. The molecule has 0 heterocycles. The van der Waals surface area contributed by atoms with Crippen LogP contribution in [-0.2, 0) is 9.59 Å². The lowest BCUT2D eigenvalue weighted by Crippen LogP contribution is -2.50. The quantitative estimate of drug-likeness (QED) is 0.598. The van der Waals surface area contributed by atoms with Gasteiger partial charge in [-0.3, -0.25) is 4.79 Å². The van der Waals surface area contributed by atoms with Gasteiger partial charge in [-0.25, -0.2) is 9.59 Å². The number of nitrogens with zero attached hydrogens (tertiary/aromatic N) is 1. The van der Waals surface area contributed by atoms with Crippen LogP contribution in [0.4, 0.5) is 4.79 Å². The molecule has 0 radical (unpaired) electrons. The molecule has 0 spiro atoms. The number of amides is 3. The van der Waals surface area contributed by atoms with Gasteiger partial charge in [-0.1, -0.05) is 6.92 Å². The molecule has 0 saturated carbocycles. The summed E-state index contributed by atoms with van der Waals surface area (Å²) in [6.07, 6.45) is 0.700. The zero-order valence-corrected chi connectivity index (χ0v) is 11.7. The van der Waals surface area contributed by atoms with Gasteiger partial charge in [0.1, 0.15) is 6.04 Å². The number of nitrogens with two attached hydrogens (primary N) is 1. The summed E-state index contributed by atoms with van der Waals surface area (Å²) >= 11 is 0. The number of primary amides is 1. The van der Waals surface area contributed by atoms with E-state index in [1.54, 1.807) is 4.90 Å². The third kappa shape index (κ3) is 6.64. The minimum atomic E-state index is -1.17. The highest BCUT2D eigenvalue weighted by atomic mass is 16.4. The van der Waals surface area contributed by atoms with Gasteiger partial charge in [-0.2, -0.15) is 0 Å². The summed E-state index contributed by atoms with van der Waals surface area (Å²) in [5, 5.41) is 11.4. The fourth-order valence-electron chi connectivity index (χ4n) is 1.61. The van der Waals surface area contributed by atoms with Crippen molar-refractivity contribution in [1.29, 1.82) is 0 Å². The van der Waals surface area contributed by atoms with Crippen molar-refractivity contribution in [3.8, 4) is 0 Å². The van der Waals surface area contributed by atoms with Gasteiger partial charge < -0.3 is 21.1 Å². The van der Waals surface area contributed by atoms with Gasteiger partial charge in [-0.05, 0) is 26.7 Å². The van der Waals surface area contributed by atoms with E-state index < -0.39 is 23.9 Å². The molecule has 1 unspecified atom stereocenters. The first-order valence-electron chi connectivity index (χ1n) is 6.37. The molecule has 0 fully saturated rings. The molecule has 110 valence electrons. The lowest BCUT2D eigenvalue weighted by Gasteiger charge is -2.28. The Kier molecular flexibility index (Phi) is 7.55. The molecule has 3 amide bonds. The Hall–Kier alpha value is -1.79. The zero-order valence-electron chi connectivity index (χ0n) is 11.7. The first kappa shape index (κ1) is 17.2. The molecule has 0 aromatic carbocycles. The second-order valence-electron chi connectivity index (χ2n) is 4.63. The third-order valence-corrected chi connectivity index (χ3v) is 2.62. The summed E-state index contributed by atoms with van der Waals surface area (Å²) in [6, 6.07) is -1.56. The average molecular weight is 273 g/mol. The van der Waals surface area contributed by atoms with E-state index in [1.165, 1.54) is 0 Å². The Morgan fingerprint density at radius 3 is 2.26 bits per heavy atom. The summed E-state index contributed by atoms with van der Waals surface area (Å²) in [6.45, 7) is 6.19. The van der Waals surface area contributed by atoms with Crippen LogP contribution in [0.5, 0.6) is 0 Å². The van der Waals surface area contributed by atoms with E-state index in [9.17, 15) is 14.4 Å². The Morgan fingerprint density at radius 2 is 1.89 bits per heavy atom. The molecule has 0 aromatic rings. The number of nitrogens with one attached hydrogen (secondary N) is 1. The molecule has 0 aliphatic rings. The normalized spacial score (nSPS) is 12.0. The van der Waals surface area contributed by atoms with Crippen LogP contribution in [0.25, 0.3) is 0 Å². The molecule has 7 heteroatoms. The fraction of sp³-hybridized carbons (Fsp3) is 0.750. The summed E-state index contributed by atoms with van der Waals surface area (Å²) in [5.41, 5.74) is 4.97. The van der Waals surface area contributed by atoms with E-state index in [4.69, 9.17) is 10.8 Å². The first-order valence-corrected chi connectivity index (χ1v) is 6.37. The monoisotopic (exact) mass is 273 g/mol. The number of hydrogen-bond donors (Lipinski definition) is 3. The van der Waals surface area contributed by atoms with Gasteiger partial charge in [0.2, 0.25) is 5.91 Å². The molecule has 1 atom stereocenters. The highest BCUT2D eigenvalue weighted by Crippen LogP contribution is 2.04. The molecule has 4 N–H and O–H groups in total. The number of urea groups is 1.